The predicted octanol–water partition coefficient (Wildman–Crippen LogP) is 4.39. The van der Waals surface area contributed by atoms with E-state index in [1.54, 1.807) is 7.11 Å². The van der Waals surface area contributed by atoms with E-state index in [2.05, 4.69) is 22.3 Å². The molecule has 142 valence electrons. The molecule has 1 N–H and O–H groups in total. The zero-order valence-electron chi connectivity index (χ0n) is 15.4. The minimum absolute atomic E-state index is 0.243. The molecule has 5 nitrogen and oxygen atoms in total. The van der Waals surface area contributed by atoms with Gasteiger partial charge in [0.15, 0.2) is 16.6 Å². The first-order chi connectivity index (χ1) is 13.2. The molecule has 2 aromatic rings. The van der Waals surface area contributed by atoms with E-state index < -0.39 is 0 Å². The lowest BCUT2D eigenvalue weighted by atomic mass is 10.0. The molecule has 0 saturated carbocycles. The topological polar surface area (TPSA) is 43.0 Å². The molecule has 2 aliphatic heterocycles. The third-order valence-corrected chi connectivity index (χ3v) is 5.33. The number of rotatable bonds is 3. The standard InChI is InChI=1S/C21H24N2O3S/c1-24-17-6-2-5-16(14-17)22-21(27)23-10-3-7-18(23)15-8-9-19-20(13-15)26-12-4-11-25-19/h2,5-6,8-9,13-14,18H,3-4,7,10-12H2,1H3,(H,22,27)/t18-/m1/s1. The summed E-state index contributed by atoms with van der Waals surface area (Å²) in [6, 6.07) is 14.3. The monoisotopic (exact) mass is 384 g/mol. The Morgan fingerprint density at radius 2 is 1.96 bits per heavy atom. The first-order valence-corrected chi connectivity index (χ1v) is 9.76. The first kappa shape index (κ1) is 17.9. The summed E-state index contributed by atoms with van der Waals surface area (Å²) in [5.41, 5.74) is 2.15. The van der Waals surface area contributed by atoms with Crippen molar-refractivity contribution < 1.29 is 14.2 Å². The van der Waals surface area contributed by atoms with Crippen LogP contribution >= 0.6 is 12.2 Å². The summed E-state index contributed by atoms with van der Waals surface area (Å²) in [4.78, 5) is 2.26. The Morgan fingerprint density at radius 3 is 2.81 bits per heavy atom. The van der Waals surface area contributed by atoms with Gasteiger partial charge in [0.1, 0.15) is 5.75 Å². The fourth-order valence-corrected chi connectivity index (χ4v) is 3.98. The van der Waals surface area contributed by atoms with Gasteiger partial charge in [-0.25, -0.2) is 0 Å². The van der Waals surface area contributed by atoms with Gasteiger partial charge in [0.25, 0.3) is 0 Å². The molecular formula is C21H24N2O3S. The molecule has 0 unspecified atom stereocenters. The Balaban J connectivity index is 1.51. The average molecular weight is 385 g/mol. The summed E-state index contributed by atoms with van der Waals surface area (Å²) in [6.45, 7) is 2.34. The molecule has 2 aliphatic rings. The van der Waals surface area contributed by atoms with Gasteiger partial charge in [0, 0.05) is 24.7 Å². The smallest absolute Gasteiger partial charge is 0.173 e. The van der Waals surface area contributed by atoms with Crippen molar-refractivity contribution in [2.45, 2.75) is 25.3 Å². The Hall–Kier alpha value is -2.47. The van der Waals surface area contributed by atoms with E-state index in [4.69, 9.17) is 26.4 Å². The van der Waals surface area contributed by atoms with Gasteiger partial charge in [-0.05, 0) is 54.9 Å². The SMILES string of the molecule is COc1cccc(NC(=S)N2CCC[C@@H]2c2ccc3c(c2)OCCCO3)c1. The van der Waals surface area contributed by atoms with Gasteiger partial charge in [0.05, 0.1) is 26.4 Å². The molecule has 0 aliphatic carbocycles. The molecule has 27 heavy (non-hydrogen) atoms. The fraction of sp³-hybridized carbons (Fsp3) is 0.381. The van der Waals surface area contributed by atoms with Crippen LogP contribution in [-0.2, 0) is 0 Å². The lowest BCUT2D eigenvalue weighted by Gasteiger charge is -2.28. The zero-order chi connectivity index (χ0) is 18.6. The van der Waals surface area contributed by atoms with Crippen LogP contribution in [0.4, 0.5) is 5.69 Å². The van der Waals surface area contributed by atoms with Crippen molar-refractivity contribution in [1.82, 2.24) is 4.90 Å². The maximum atomic E-state index is 5.86. The zero-order valence-corrected chi connectivity index (χ0v) is 16.3. The number of hydrogen-bond acceptors (Lipinski definition) is 4. The Labute approximate surface area is 165 Å². The number of likely N-dealkylation sites (tertiary alicyclic amines) is 1. The highest BCUT2D eigenvalue weighted by atomic mass is 32.1. The lowest BCUT2D eigenvalue weighted by molar-refractivity contribution is 0.296. The maximum absolute atomic E-state index is 5.86. The van der Waals surface area contributed by atoms with Crippen LogP contribution in [-0.4, -0.2) is 36.9 Å². The van der Waals surface area contributed by atoms with Crippen molar-refractivity contribution in [2.24, 2.45) is 0 Å². The summed E-state index contributed by atoms with van der Waals surface area (Å²) >= 11 is 5.71. The van der Waals surface area contributed by atoms with Gasteiger partial charge in [-0.1, -0.05) is 12.1 Å². The molecule has 0 spiro atoms. The molecule has 0 bridgehead atoms. The number of methoxy groups -OCH3 is 1. The van der Waals surface area contributed by atoms with Crippen molar-refractivity contribution in [1.29, 1.82) is 0 Å². The minimum Gasteiger partial charge on any atom is -0.497 e. The molecule has 6 heteroatoms. The largest absolute Gasteiger partial charge is 0.497 e. The number of nitrogens with one attached hydrogen (secondary N) is 1. The number of ether oxygens (including phenoxy) is 3. The highest BCUT2D eigenvalue weighted by Gasteiger charge is 2.29. The van der Waals surface area contributed by atoms with Crippen molar-refractivity contribution >= 4 is 23.0 Å². The second-order valence-corrected chi connectivity index (χ2v) is 7.16. The quantitative estimate of drug-likeness (QED) is 0.792. The molecule has 4 rings (SSSR count). The molecule has 1 fully saturated rings. The van der Waals surface area contributed by atoms with Crippen LogP contribution in [0.2, 0.25) is 0 Å². The number of benzene rings is 2. The van der Waals surface area contributed by atoms with E-state index in [1.807, 2.05) is 30.3 Å². The van der Waals surface area contributed by atoms with Gasteiger partial charge in [-0.3, -0.25) is 0 Å². The molecule has 2 aromatic carbocycles. The van der Waals surface area contributed by atoms with Crippen LogP contribution in [0.15, 0.2) is 42.5 Å². The molecule has 2 heterocycles. The van der Waals surface area contributed by atoms with Crippen molar-refractivity contribution in [3.63, 3.8) is 0 Å². The molecule has 1 atom stereocenters. The van der Waals surface area contributed by atoms with Gasteiger partial charge < -0.3 is 24.4 Å². The van der Waals surface area contributed by atoms with Crippen LogP contribution in [0.5, 0.6) is 17.2 Å². The van der Waals surface area contributed by atoms with Gasteiger partial charge in [0.2, 0.25) is 0 Å². The molecule has 0 aromatic heterocycles. The highest BCUT2D eigenvalue weighted by Crippen LogP contribution is 2.38. The van der Waals surface area contributed by atoms with Crippen LogP contribution in [0.3, 0.4) is 0 Å². The van der Waals surface area contributed by atoms with Crippen LogP contribution in [0.1, 0.15) is 30.9 Å². The summed E-state index contributed by atoms with van der Waals surface area (Å²) in [5, 5.41) is 4.09. The number of hydrogen-bond donors (Lipinski definition) is 1. The second kappa shape index (κ2) is 8.05. The first-order valence-electron chi connectivity index (χ1n) is 9.36. The van der Waals surface area contributed by atoms with E-state index in [0.29, 0.717) is 13.2 Å². The average Bonchev–Trinajstić information content (AvgIpc) is 3.07. The van der Waals surface area contributed by atoms with E-state index in [1.165, 1.54) is 5.56 Å². The van der Waals surface area contributed by atoms with E-state index in [9.17, 15) is 0 Å². The molecule has 0 radical (unpaired) electrons. The molecular weight excluding hydrogens is 360 g/mol. The second-order valence-electron chi connectivity index (χ2n) is 6.77. The van der Waals surface area contributed by atoms with Crippen molar-refractivity contribution in [2.75, 3.05) is 32.2 Å². The third-order valence-electron chi connectivity index (χ3n) is 4.99. The Morgan fingerprint density at radius 1 is 1.11 bits per heavy atom. The van der Waals surface area contributed by atoms with Gasteiger partial charge in [-0.2, -0.15) is 0 Å². The van der Waals surface area contributed by atoms with Gasteiger partial charge >= 0.3 is 0 Å². The summed E-state index contributed by atoms with van der Waals surface area (Å²) in [6.07, 6.45) is 3.09. The Kier molecular flexibility index (Phi) is 5.34. The number of nitrogens with zero attached hydrogens (tertiary/aromatic N) is 1. The third kappa shape index (κ3) is 3.95. The van der Waals surface area contributed by atoms with E-state index >= 15 is 0 Å². The predicted molar refractivity (Wildman–Crippen MR) is 110 cm³/mol. The van der Waals surface area contributed by atoms with Crippen molar-refractivity contribution in [3.8, 4) is 17.2 Å². The van der Waals surface area contributed by atoms with Crippen molar-refractivity contribution in [3.05, 3.63) is 48.0 Å². The van der Waals surface area contributed by atoms with E-state index in [0.717, 1.165) is 53.9 Å². The summed E-state index contributed by atoms with van der Waals surface area (Å²) < 4.78 is 16.9. The molecule has 0 amide bonds. The highest BCUT2D eigenvalue weighted by molar-refractivity contribution is 7.80. The van der Waals surface area contributed by atoms with Crippen LogP contribution < -0.4 is 19.5 Å². The number of anilines is 1. The number of thiocarbonyl (C=S) groups is 1. The number of fused-ring (bicyclic) bond motifs is 1. The summed E-state index contributed by atoms with van der Waals surface area (Å²) in [5.74, 6) is 2.48. The normalized spacial score (nSPS) is 18.7. The fourth-order valence-electron chi connectivity index (χ4n) is 3.64. The van der Waals surface area contributed by atoms with Gasteiger partial charge in [-0.15, -0.1) is 0 Å². The van der Waals surface area contributed by atoms with Crippen LogP contribution in [0.25, 0.3) is 0 Å². The van der Waals surface area contributed by atoms with E-state index in [-0.39, 0.29) is 6.04 Å². The minimum atomic E-state index is 0.243. The summed E-state index contributed by atoms with van der Waals surface area (Å²) in [7, 11) is 1.66. The lowest BCUT2D eigenvalue weighted by Crippen LogP contribution is -2.34. The van der Waals surface area contributed by atoms with Crippen LogP contribution in [0, 0.1) is 0 Å². The maximum Gasteiger partial charge on any atom is 0.173 e. The Bertz CT molecular complexity index is 827. The molecule has 1 saturated heterocycles.